The standard InChI is InChI=1S/C33H37NO7/c1-19-29(33(37)41-24-8-6-5-7-9-24)30(20-10-12-21(13-11-20)32(36)40-4)31-25(34-19)16-23(17-26(31)35)22-14-15-27(38-2)28(18-22)39-3/h10-15,18,23-24,30,34H,5-9,16-17H2,1-4H3/t23-,30+/m0/s1. The van der Waals surface area contributed by atoms with Crippen LogP contribution in [0.15, 0.2) is 65.0 Å². The zero-order chi connectivity index (χ0) is 29.1. The van der Waals surface area contributed by atoms with Crippen LogP contribution in [0.3, 0.4) is 0 Å². The lowest BCUT2D eigenvalue weighted by atomic mass is 9.71. The van der Waals surface area contributed by atoms with Crippen LogP contribution in [0.2, 0.25) is 0 Å². The van der Waals surface area contributed by atoms with Crippen molar-refractivity contribution in [1.82, 2.24) is 5.32 Å². The fraction of sp³-hybridized carbons (Fsp3) is 0.424. The fourth-order valence-corrected chi connectivity index (χ4v) is 6.31. The number of nitrogens with one attached hydrogen (secondary N) is 1. The fourth-order valence-electron chi connectivity index (χ4n) is 6.31. The number of ether oxygens (including phenoxy) is 4. The Hall–Kier alpha value is -4.07. The van der Waals surface area contributed by atoms with E-state index >= 15 is 0 Å². The first-order valence-corrected chi connectivity index (χ1v) is 14.2. The predicted octanol–water partition coefficient (Wildman–Crippen LogP) is 5.73. The molecule has 1 aliphatic heterocycles. The number of benzene rings is 2. The molecule has 216 valence electrons. The molecule has 0 amide bonds. The van der Waals surface area contributed by atoms with Gasteiger partial charge in [-0.25, -0.2) is 9.59 Å². The molecule has 1 N–H and O–H groups in total. The Morgan fingerprint density at radius 1 is 0.829 bits per heavy atom. The smallest absolute Gasteiger partial charge is 0.337 e. The summed E-state index contributed by atoms with van der Waals surface area (Å²) in [6.45, 7) is 1.86. The van der Waals surface area contributed by atoms with Gasteiger partial charge in [-0.1, -0.05) is 24.6 Å². The van der Waals surface area contributed by atoms with E-state index in [-0.39, 0.29) is 24.2 Å². The minimum Gasteiger partial charge on any atom is -0.493 e. The van der Waals surface area contributed by atoms with Crippen LogP contribution < -0.4 is 14.8 Å². The molecule has 2 atom stereocenters. The second-order valence-corrected chi connectivity index (χ2v) is 10.9. The average Bonchev–Trinajstić information content (AvgIpc) is 3.00. The third kappa shape index (κ3) is 5.73. The normalized spacial score (nSPS) is 21.1. The summed E-state index contributed by atoms with van der Waals surface area (Å²) in [7, 11) is 4.52. The first-order chi connectivity index (χ1) is 19.8. The number of rotatable bonds is 7. The Morgan fingerprint density at radius 2 is 1.51 bits per heavy atom. The Bertz CT molecular complexity index is 1400. The molecule has 41 heavy (non-hydrogen) atoms. The van der Waals surface area contributed by atoms with Crippen molar-refractivity contribution in [2.45, 2.75) is 69.8 Å². The van der Waals surface area contributed by atoms with Crippen LogP contribution in [-0.4, -0.2) is 45.2 Å². The van der Waals surface area contributed by atoms with Gasteiger partial charge in [0.25, 0.3) is 0 Å². The SMILES string of the molecule is COC(=O)c1ccc([C@@H]2C(C(=O)OC3CCCCC3)=C(C)NC3=C2C(=O)C[C@@H](c2ccc(OC)c(OC)c2)C3)cc1. The second-order valence-electron chi connectivity index (χ2n) is 10.9. The zero-order valence-electron chi connectivity index (χ0n) is 24.1. The van der Waals surface area contributed by atoms with Gasteiger partial charge in [0.05, 0.1) is 32.5 Å². The number of allylic oxidation sites excluding steroid dienone is 3. The highest BCUT2D eigenvalue weighted by Gasteiger charge is 2.42. The minimum absolute atomic E-state index is 0.0314. The first-order valence-electron chi connectivity index (χ1n) is 14.2. The van der Waals surface area contributed by atoms with Crippen molar-refractivity contribution in [1.29, 1.82) is 0 Å². The molecule has 0 spiro atoms. The van der Waals surface area contributed by atoms with Gasteiger partial charge in [-0.05, 0) is 80.3 Å². The number of ketones is 1. The lowest BCUT2D eigenvalue weighted by Gasteiger charge is -2.37. The summed E-state index contributed by atoms with van der Waals surface area (Å²) in [5.41, 5.74) is 4.62. The number of dihydropyridines is 1. The van der Waals surface area contributed by atoms with Crippen molar-refractivity contribution in [3.05, 3.63) is 81.7 Å². The van der Waals surface area contributed by atoms with Crippen molar-refractivity contribution < 1.29 is 33.3 Å². The van der Waals surface area contributed by atoms with Gasteiger partial charge in [-0.2, -0.15) is 0 Å². The summed E-state index contributed by atoms with van der Waals surface area (Å²) in [6, 6.07) is 12.7. The van der Waals surface area contributed by atoms with E-state index in [0.717, 1.165) is 48.9 Å². The van der Waals surface area contributed by atoms with Crippen LogP contribution in [0.1, 0.15) is 85.2 Å². The molecule has 8 nitrogen and oxygen atoms in total. The largest absolute Gasteiger partial charge is 0.493 e. The van der Waals surface area contributed by atoms with E-state index < -0.39 is 17.9 Å². The van der Waals surface area contributed by atoms with Crippen LogP contribution in [0, 0.1) is 0 Å². The second kappa shape index (κ2) is 12.2. The highest BCUT2D eigenvalue weighted by molar-refractivity contribution is 6.04. The Labute approximate surface area is 240 Å². The first kappa shape index (κ1) is 28.5. The maximum atomic E-state index is 14.0. The van der Waals surface area contributed by atoms with Crippen molar-refractivity contribution in [2.75, 3.05) is 21.3 Å². The molecular weight excluding hydrogens is 522 g/mol. The van der Waals surface area contributed by atoms with Crippen LogP contribution >= 0.6 is 0 Å². The number of methoxy groups -OCH3 is 3. The minimum atomic E-state index is -0.604. The molecule has 3 aliphatic rings. The van der Waals surface area contributed by atoms with E-state index in [1.165, 1.54) is 7.11 Å². The molecule has 0 aromatic heterocycles. The number of carbonyl (C=O) groups is 3. The lowest BCUT2D eigenvalue weighted by Crippen LogP contribution is -2.37. The summed E-state index contributed by atoms with van der Waals surface area (Å²) < 4.78 is 21.8. The summed E-state index contributed by atoms with van der Waals surface area (Å²) in [5, 5.41) is 3.41. The molecule has 8 heteroatoms. The molecule has 2 aromatic rings. The summed E-state index contributed by atoms with van der Waals surface area (Å²) >= 11 is 0. The topological polar surface area (TPSA) is 100 Å². The molecule has 1 heterocycles. The van der Waals surface area contributed by atoms with Crippen LogP contribution in [0.4, 0.5) is 0 Å². The Kier molecular flexibility index (Phi) is 8.47. The van der Waals surface area contributed by atoms with E-state index in [0.29, 0.717) is 40.3 Å². The molecule has 5 rings (SSSR count). The predicted molar refractivity (Wildman–Crippen MR) is 153 cm³/mol. The van der Waals surface area contributed by atoms with E-state index in [2.05, 4.69) is 5.32 Å². The van der Waals surface area contributed by atoms with Crippen LogP contribution in [0.25, 0.3) is 0 Å². The van der Waals surface area contributed by atoms with Gasteiger partial charge >= 0.3 is 11.9 Å². The summed E-state index contributed by atoms with van der Waals surface area (Å²) in [6.07, 6.45) is 5.69. The van der Waals surface area contributed by atoms with Gasteiger partial charge in [-0.3, -0.25) is 4.79 Å². The number of carbonyl (C=O) groups excluding carboxylic acids is 3. The number of esters is 2. The van der Waals surface area contributed by atoms with Gasteiger partial charge in [0, 0.05) is 29.3 Å². The molecule has 1 fully saturated rings. The molecule has 0 unspecified atom stereocenters. The van der Waals surface area contributed by atoms with Crippen molar-refractivity contribution in [2.24, 2.45) is 0 Å². The molecule has 1 saturated carbocycles. The number of Topliss-reactive ketones (excluding diaryl/α,β-unsaturated/α-hetero) is 1. The highest BCUT2D eigenvalue weighted by Crippen LogP contribution is 2.46. The molecule has 2 aliphatic carbocycles. The third-order valence-corrected chi connectivity index (χ3v) is 8.42. The van der Waals surface area contributed by atoms with Gasteiger partial charge in [-0.15, -0.1) is 0 Å². The van der Waals surface area contributed by atoms with Crippen LogP contribution in [0.5, 0.6) is 11.5 Å². The van der Waals surface area contributed by atoms with Crippen molar-refractivity contribution >= 4 is 17.7 Å². The molecule has 2 aromatic carbocycles. The summed E-state index contributed by atoms with van der Waals surface area (Å²) in [5.74, 6) is -0.309. The molecule has 0 radical (unpaired) electrons. The van der Waals surface area contributed by atoms with E-state index in [1.54, 1.807) is 38.5 Å². The summed E-state index contributed by atoms with van der Waals surface area (Å²) in [4.78, 5) is 39.8. The Morgan fingerprint density at radius 3 is 2.17 bits per heavy atom. The van der Waals surface area contributed by atoms with E-state index in [1.807, 2.05) is 25.1 Å². The van der Waals surface area contributed by atoms with Crippen molar-refractivity contribution in [3.8, 4) is 11.5 Å². The number of hydrogen-bond donors (Lipinski definition) is 1. The highest BCUT2D eigenvalue weighted by atomic mass is 16.5. The van der Waals surface area contributed by atoms with Crippen molar-refractivity contribution in [3.63, 3.8) is 0 Å². The zero-order valence-corrected chi connectivity index (χ0v) is 24.1. The monoisotopic (exact) mass is 559 g/mol. The van der Waals surface area contributed by atoms with Crippen LogP contribution in [-0.2, 0) is 19.1 Å². The quantitative estimate of drug-likeness (QED) is 0.430. The van der Waals surface area contributed by atoms with Gasteiger partial charge in [0.2, 0.25) is 0 Å². The van der Waals surface area contributed by atoms with Gasteiger partial charge in [0.15, 0.2) is 17.3 Å². The maximum Gasteiger partial charge on any atom is 0.337 e. The molecule has 0 bridgehead atoms. The molecule has 0 saturated heterocycles. The maximum absolute atomic E-state index is 14.0. The Balaban J connectivity index is 1.52. The molecular formula is C33H37NO7. The third-order valence-electron chi connectivity index (χ3n) is 8.42. The van der Waals surface area contributed by atoms with Gasteiger partial charge < -0.3 is 24.3 Å². The van der Waals surface area contributed by atoms with Gasteiger partial charge in [0.1, 0.15) is 6.10 Å². The number of hydrogen-bond acceptors (Lipinski definition) is 8. The average molecular weight is 560 g/mol. The van der Waals surface area contributed by atoms with E-state index in [4.69, 9.17) is 18.9 Å². The lowest BCUT2D eigenvalue weighted by molar-refractivity contribution is -0.146. The van der Waals surface area contributed by atoms with E-state index in [9.17, 15) is 14.4 Å².